The second-order valence-electron chi connectivity index (χ2n) is 4.29. The molecule has 1 saturated carbocycles. The van der Waals surface area contributed by atoms with Crippen molar-refractivity contribution in [2.45, 2.75) is 37.4 Å². The van der Waals surface area contributed by atoms with Gasteiger partial charge in [-0.25, -0.2) is 0 Å². The molecule has 1 rings (SSSR count). The van der Waals surface area contributed by atoms with Gasteiger partial charge >= 0.3 is 6.18 Å². The predicted molar refractivity (Wildman–Crippen MR) is 62.5 cm³/mol. The van der Waals surface area contributed by atoms with Crippen LogP contribution in [0, 0.1) is 0 Å². The number of carbonyl (C=O) groups is 1. The van der Waals surface area contributed by atoms with Crippen LogP contribution in [-0.2, 0) is 9.53 Å². The third kappa shape index (κ3) is 5.88. The largest absolute Gasteiger partial charge is 0.411 e. The Kier molecular flexibility index (Phi) is 6.94. The highest BCUT2D eigenvalue weighted by atomic mass is 35.5. The van der Waals surface area contributed by atoms with Crippen molar-refractivity contribution in [1.29, 1.82) is 0 Å². The van der Waals surface area contributed by atoms with Crippen molar-refractivity contribution in [1.82, 2.24) is 5.32 Å². The molecule has 0 aromatic carbocycles. The van der Waals surface area contributed by atoms with Crippen LogP contribution in [0.15, 0.2) is 0 Å². The van der Waals surface area contributed by atoms with Crippen LogP contribution in [0.4, 0.5) is 13.2 Å². The molecule has 0 spiro atoms. The number of alkyl halides is 3. The van der Waals surface area contributed by atoms with Gasteiger partial charge in [0.05, 0.1) is 12.1 Å². The fourth-order valence-electron chi connectivity index (χ4n) is 1.83. The molecule has 1 aliphatic rings. The maximum atomic E-state index is 11.7. The van der Waals surface area contributed by atoms with Gasteiger partial charge in [0.15, 0.2) is 0 Å². The summed E-state index contributed by atoms with van der Waals surface area (Å²) in [5, 5.41) is 2.50. The van der Waals surface area contributed by atoms with E-state index in [1.807, 2.05) is 0 Å². The minimum atomic E-state index is -4.33. The summed E-state index contributed by atoms with van der Waals surface area (Å²) in [7, 11) is 0. The zero-order valence-corrected chi connectivity index (χ0v) is 10.7. The lowest BCUT2D eigenvalue weighted by atomic mass is 9.98. The summed E-state index contributed by atoms with van der Waals surface area (Å²) < 4.78 is 39.5. The van der Waals surface area contributed by atoms with Crippen LogP contribution in [0.25, 0.3) is 0 Å². The van der Waals surface area contributed by atoms with Gasteiger partial charge in [-0.1, -0.05) is 12.8 Å². The molecule has 8 heteroatoms. The van der Waals surface area contributed by atoms with E-state index in [0.717, 1.165) is 12.8 Å². The lowest BCUT2D eigenvalue weighted by Crippen LogP contribution is -2.52. The molecule has 4 nitrogen and oxygen atoms in total. The summed E-state index contributed by atoms with van der Waals surface area (Å²) >= 11 is 0. The summed E-state index contributed by atoms with van der Waals surface area (Å²) in [6.45, 7) is -1.41. The Balaban J connectivity index is 0.00000289. The minimum Gasteiger partial charge on any atom is -0.370 e. The van der Waals surface area contributed by atoms with Gasteiger partial charge in [-0.2, -0.15) is 13.2 Å². The molecule has 108 valence electrons. The van der Waals surface area contributed by atoms with Gasteiger partial charge in [0.1, 0.15) is 6.61 Å². The van der Waals surface area contributed by atoms with E-state index < -0.39 is 18.3 Å². The molecule has 0 aromatic heterocycles. The standard InChI is InChI=1S/C10H17F3N2O2.ClH/c11-10(12,13)7-17-6-5-15-8(16)9(14)3-1-2-4-9;/h1-7,14H2,(H,15,16);1H. The molecule has 0 aromatic rings. The number of halogens is 4. The van der Waals surface area contributed by atoms with Gasteiger partial charge in [0.2, 0.25) is 5.91 Å². The highest BCUT2D eigenvalue weighted by Gasteiger charge is 2.36. The molecule has 1 aliphatic carbocycles. The number of ether oxygens (including phenoxy) is 1. The van der Waals surface area contributed by atoms with E-state index in [4.69, 9.17) is 5.73 Å². The minimum absolute atomic E-state index is 0. The van der Waals surface area contributed by atoms with Gasteiger partial charge in [-0.15, -0.1) is 12.4 Å². The molecular formula is C10H18ClF3N2O2. The molecule has 0 aliphatic heterocycles. The van der Waals surface area contributed by atoms with Gasteiger partial charge in [-0.05, 0) is 12.8 Å². The van der Waals surface area contributed by atoms with Gasteiger partial charge in [0.25, 0.3) is 0 Å². The van der Waals surface area contributed by atoms with E-state index in [-0.39, 0.29) is 31.5 Å². The molecule has 0 bridgehead atoms. The number of amides is 1. The number of nitrogens with two attached hydrogens (primary N) is 1. The monoisotopic (exact) mass is 290 g/mol. The maximum absolute atomic E-state index is 11.7. The number of hydrogen-bond donors (Lipinski definition) is 2. The Hall–Kier alpha value is -0.530. The van der Waals surface area contributed by atoms with Crippen molar-refractivity contribution >= 4 is 18.3 Å². The quantitative estimate of drug-likeness (QED) is 0.752. The van der Waals surface area contributed by atoms with Crippen molar-refractivity contribution in [3.8, 4) is 0 Å². The second-order valence-corrected chi connectivity index (χ2v) is 4.29. The summed E-state index contributed by atoms with van der Waals surface area (Å²) in [6, 6.07) is 0. The molecule has 0 atom stereocenters. The Bertz CT molecular complexity index is 268. The maximum Gasteiger partial charge on any atom is 0.411 e. The van der Waals surface area contributed by atoms with Crippen LogP contribution in [0.3, 0.4) is 0 Å². The Morgan fingerprint density at radius 1 is 1.33 bits per heavy atom. The topological polar surface area (TPSA) is 64.4 Å². The molecule has 3 N–H and O–H groups in total. The van der Waals surface area contributed by atoms with Crippen LogP contribution < -0.4 is 11.1 Å². The van der Waals surface area contributed by atoms with E-state index in [2.05, 4.69) is 10.1 Å². The summed E-state index contributed by atoms with van der Waals surface area (Å²) in [5.41, 5.74) is 5.01. The van der Waals surface area contributed by atoms with E-state index in [0.29, 0.717) is 12.8 Å². The normalized spacial score (nSPS) is 18.2. The summed E-state index contributed by atoms with van der Waals surface area (Å²) in [6.07, 6.45) is -1.25. The van der Waals surface area contributed by atoms with Gasteiger partial charge in [-0.3, -0.25) is 4.79 Å². The lowest BCUT2D eigenvalue weighted by molar-refractivity contribution is -0.173. The average molecular weight is 291 g/mol. The fourth-order valence-corrected chi connectivity index (χ4v) is 1.83. The third-order valence-electron chi connectivity index (χ3n) is 2.75. The smallest absolute Gasteiger partial charge is 0.370 e. The number of carbonyl (C=O) groups excluding carboxylic acids is 1. The number of hydrogen-bond acceptors (Lipinski definition) is 3. The Morgan fingerprint density at radius 3 is 2.39 bits per heavy atom. The van der Waals surface area contributed by atoms with Crippen LogP contribution in [0.5, 0.6) is 0 Å². The van der Waals surface area contributed by atoms with E-state index in [9.17, 15) is 18.0 Å². The zero-order valence-electron chi connectivity index (χ0n) is 9.89. The molecule has 0 radical (unpaired) electrons. The van der Waals surface area contributed by atoms with Gasteiger partial charge in [0, 0.05) is 6.54 Å². The number of rotatable bonds is 5. The van der Waals surface area contributed by atoms with E-state index >= 15 is 0 Å². The van der Waals surface area contributed by atoms with Crippen molar-refractivity contribution in [2.24, 2.45) is 5.73 Å². The second kappa shape index (κ2) is 7.16. The summed E-state index contributed by atoms with van der Waals surface area (Å²) in [5.74, 6) is -0.300. The first-order valence-corrected chi connectivity index (χ1v) is 5.55. The molecular weight excluding hydrogens is 273 g/mol. The van der Waals surface area contributed by atoms with Crippen molar-refractivity contribution in [3.63, 3.8) is 0 Å². The van der Waals surface area contributed by atoms with Crippen molar-refractivity contribution in [3.05, 3.63) is 0 Å². The molecule has 18 heavy (non-hydrogen) atoms. The Labute approximate surface area is 110 Å². The van der Waals surface area contributed by atoms with Crippen LogP contribution in [-0.4, -0.2) is 37.4 Å². The first-order valence-electron chi connectivity index (χ1n) is 5.55. The molecule has 1 amide bonds. The van der Waals surface area contributed by atoms with Crippen LogP contribution in [0.2, 0.25) is 0 Å². The highest BCUT2D eigenvalue weighted by Crippen LogP contribution is 2.27. The molecule has 1 fully saturated rings. The predicted octanol–water partition coefficient (Wildman–Crippen LogP) is 1.37. The van der Waals surface area contributed by atoms with E-state index in [1.165, 1.54) is 0 Å². The van der Waals surface area contributed by atoms with Crippen molar-refractivity contribution in [2.75, 3.05) is 19.8 Å². The summed E-state index contributed by atoms with van der Waals surface area (Å²) in [4.78, 5) is 11.6. The first-order chi connectivity index (χ1) is 7.83. The van der Waals surface area contributed by atoms with Gasteiger partial charge < -0.3 is 15.8 Å². The first kappa shape index (κ1) is 17.5. The average Bonchev–Trinajstić information content (AvgIpc) is 2.64. The van der Waals surface area contributed by atoms with Crippen molar-refractivity contribution < 1.29 is 22.7 Å². The van der Waals surface area contributed by atoms with Crippen LogP contribution >= 0.6 is 12.4 Å². The number of nitrogens with one attached hydrogen (secondary N) is 1. The highest BCUT2D eigenvalue weighted by molar-refractivity contribution is 5.86. The Morgan fingerprint density at radius 2 is 1.89 bits per heavy atom. The lowest BCUT2D eigenvalue weighted by Gasteiger charge is -2.22. The third-order valence-corrected chi connectivity index (χ3v) is 2.75. The fraction of sp³-hybridized carbons (Fsp3) is 0.900. The molecule has 0 unspecified atom stereocenters. The molecule has 0 saturated heterocycles. The molecule has 0 heterocycles. The van der Waals surface area contributed by atoms with E-state index in [1.54, 1.807) is 0 Å². The van der Waals surface area contributed by atoms with Crippen LogP contribution in [0.1, 0.15) is 25.7 Å². The zero-order chi connectivity index (χ0) is 12.9. The SMILES string of the molecule is Cl.NC1(C(=O)NCCOCC(F)(F)F)CCCC1.